The lowest BCUT2D eigenvalue weighted by Crippen LogP contribution is -2.18. The molecule has 1 N–H and O–H groups in total. The fraction of sp³-hybridized carbons (Fsp3) is 0.500. The van der Waals surface area contributed by atoms with E-state index in [1.54, 1.807) is 18.5 Å². The lowest BCUT2D eigenvalue weighted by Gasteiger charge is -2.13. The van der Waals surface area contributed by atoms with E-state index in [-0.39, 0.29) is 6.04 Å². The van der Waals surface area contributed by atoms with Crippen molar-refractivity contribution in [2.24, 2.45) is 0 Å². The SMILES string of the molecule is CC(CCS(C)=O)Nc1ccc(Cl)cn1. The van der Waals surface area contributed by atoms with Gasteiger partial charge in [0, 0.05) is 35.0 Å². The molecule has 15 heavy (non-hydrogen) atoms. The minimum absolute atomic E-state index is 0.266. The Kier molecular flexibility index (Phi) is 5.05. The van der Waals surface area contributed by atoms with Crippen molar-refractivity contribution < 1.29 is 4.21 Å². The van der Waals surface area contributed by atoms with E-state index < -0.39 is 10.8 Å². The van der Waals surface area contributed by atoms with Crippen LogP contribution in [0.15, 0.2) is 18.3 Å². The number of anilines is 1. The van der Waals surface area contributed by atoms with Gasteiger partial charge in [0.1, 0.15) is 5.82 Å². The molecule has 0 saturated heterocycles. The molecule has 0 aromatic carbocycles. The average molecular weight is 247 g/mol. The normalized spacial score (nSPS) is 14.6. The lowest BCUT2D eigenvalue weighted by atomic mass is 10.2. The van der Waals surface area contributed by atoms with Crippen LogP contribution in [0.5, 0.6) is 0 Å². The van der Waals surface area contributed by atoms with Crippen LogP contribution in [0.4, 0.5) is 5.82 Å². The number of hydrogen-bond acceptors (Lipinski definition) is 3. The molecular formula is C10H15ClN2OS. The first-order chi connectivity index (χ1) is 7.08. The summed E-state index contributed by atoms with van der Waals surface area (Å²) >= 11 is 5.72. The largest absolute Gasteiger partial charge is 0.368 e. The monoisotopic (exact) mass is 246 g/mol. The molecule has 0 fully saturated rings. The van der Waals surface area contributed by atoms with E-state index in [1.807, 2.05) is 13.0 Å². The predicted molar refractivity (Wildman–Crippen MR) is 65.9 cm³/mol. The highest BCUT2D eigenvalue weighted by molar-refractivity contribution is 7.84. The van der Waals surface area contributed by atoms with Crippen LogP contribution in [-0.4, -0.2) is 27.2 Å². The van der Waals surface area contributed by atoms with E-state index in [0.717, 1.165) is 12.2 Å². The molecule has 0 bridgehead atoms. The highest BCUT2D eigenvalue weighted by atomic mass is 35.5. The smallest absolute Gasteiger partial charge is 0.126 e. The molecule has 2 atom stereocenters. The summed E-state index contributed by atoms with van der Waals surface area (Å²) in [7, 11) is -0.729. The van der Waals surface area contributed by atoms with Gasteiger partial charge in [-0.25, -0.2) is 4.98 Å². The van der Waals surface area contributed by atoms with Crippen molar-refractivity contribution in [3.63, 3.8) is 0 Å². The average Bonchev–Trinajstić information content (AvgIpc) is 2.19. The topological polar surface area (TPSA) is 42.0 Å². The number of halogens is 1. The summed E-state index contributed by atoms with van der Waals surface area (Å²) in [6.45, 7) is 2.04. The first kappa shape index (κ1) is 12.5. The Morgan fingerprint density at radius 1 is 1.60 bits per heavy atom. The van der Waals surface area contributed by atoms with Gasteiger partial charge in [-0.3, -0.25) is 4.21 Å². The molecule has 0 radical (unpaired) electrons. The van der Waals surface area contributed by atoms with E-state index in [2.05, 4.69) is 10.3 Å². The first-order valence-corrected chi connectivity index (χ1v) is 6.86. The lowest BCUT2D eigenvalue weighted by molar-refractivity contribution is 0.678. The zero-order valence-corrected chi connectivity index (χ0v) is 10.4. The quantitative estimate of drug-likeness (QED) is 0.867. The molecule has 0 amide bonds. The third-order valence-corrected chi connectivity index (χ3v) is 2.99. The third kappa shape index (κ3) is 5.14. The standard InChI is InChI=1S/C10H15ClN2OS/c1-8(5-6-15(2)14)13-10-4-3-9(11)7-12-10/h3-4,7-8H,5-6H2,1-2H3,(H,12,13). The van der Waals surface area contributed by atoms with E-state index in [9.17, 15) is 4.21 Å². The van der Waals surface area contributed by atoms with Gasteiger partial charge in [0.2, 0.25) is 0 Å². The van der Waals surface area contributed by atoms with Crippen LogP contribution >= 0.6 is 11.6 Å². The molecule has 0 aliphatic heterocycles. The molecule has 0 saturated carbocycles. The number of rotatable bonds is 5. The minimum atomic E-state index is -0.729. The molecule has 84 valence electrons. The highest BCUT2D eigenvalue weighted by Crippen LogP contribution is 2.11. The second-order valence-corrected chi connectivity index (χ2v) is 5.46. The third-order valence-electron chi connectivity index (χ3n) is 1.96. The second-order valence-electron chi connectivity index (χ2n) is 3.47. The Morgan fingerprint density at radius 3 is 2.87 bits per heavy atom. The highest BCUT2D eigenvalue weighted by Gasteiger charge is 2.03. The van der Waals surface area contributed by atoms with Gasteiger partial charge < -0.3 is 5.32 Å². The van der Waals surface area contributed by atoms with Gasteiger partial charge in [-0.05, 0) is 25.5 Å². The zero-order chi connectivity index (χ0) is 11.3. The Balaban J connectivity index is 2.40. The van der Waals surface area contributed by atoms with E-state index in [1.165, 1.54) is 0 Å². The first-order valence-electron chi connectivity index (χ1n) is 4.76. The summed E-state index contributed by atoms with van der Waals surface area (Å²) in [5, 5.41) is 3.85. The molecule has 0 aliphatic rings. The Bertz CT molecular complexity index is 329. The molecule has 0 aliphatic carbocycles. The number of aromatic nitrogens is 1. The van der Waals surface area contributed by atoms with Crippen LogP contribution in [0, 0.1) is 0 Å². The van der Waals surface area contributed by atoms with Gasteiger partial charge in [0.05, 0.1) is 5.02 Å². The fourth-order valence-corrected chi connectivity index (χ4v) is 1.93. The molecular weight excluding hydrogens is 232 g/mol. The van der Waals surface area contributed by atoms with E-state index in [4.69, 9.17) is 11.6 Å². The summed E-state index contributed by atoms with van der Waals surface area (Å²) in [5.41, 5.74) is 0. The van der Waals surface area contributed by atoms with Crippen LogP contribution in [0.25, 0.3) is 0 Å². The van der Waals surface area contributed by atoms with Crippen LogP contribution in [0.3, 0.4) is 0 Å². The number of nitrogens with zero attached hydrogens (tertiary/aromatic N) is 1. The van der Waals surface area contributed by atoms with Crippen molar-refractivity contribution in [3.05, 3.63) is 23.4 Å². The van der Waals surface area contributed by atoms with Crippen molar-refractivity contribution in [2.75, 3.05) is 17.3 Å². The molecule has 5 heteroatoms. The van der Waals surface area contributed by atoms with Gasteiger partial charge >= 0.3 is 0 Å². The van der Waals surface area contributed by atoms with Gasteiger partial charge in [-0.15, -0.1) is 0 Å². The van der Waals surface area contributed by atoms with Crippen molar-refractivity contribution in [2.45, 2.75) is 19.4 Å². The Morgan fingerprint density at radius 2 is 2.33 bits per heavy atom. The van der Waals surface area contributed by atoms with Crippen LogP contribution in [0.1, 0.15) is 13.3 Å². The second kappa shape index (κ2) is 6.08. The summed E-state index contributed by atoms with van der Waals surface area (Å²) in [4.78, 5) is 4.13. The Labute approximate surface area is 97.7 Å². The van der Waals surface area contributed by atoms with Crippen molar-refractivity contribution >= 4 is 28.2 Å². The van der Waals surface area contributed by atoms with Gasteiger partial charge in [0.25, 0.3) is 0 Å². The van der Waals surface area contributed by atoms with Gasteiger partial charge in [0.15, 0.2) is 0 Å². The molecule has 3 nitrogen and oxygen atoms in total. The molecule has 1 aromatic rings. The summed E-state index contributed by atoms with van der Waals surface area (Å²) in [5.74, 6) is 1.51. The van der Waals surface area contributed by atoms with Crippen LogP contribution in [0.2, 0.25) is 5.02 Å². The number of hydrogen-bond donors (Lipinski definition) is 1. The molecule has 2 unspecified atom stereocenters. The maximum Gasteiger partial charge on any atom is 0.126 e. The zero-order valence-electron chi connectivity index (χ0n) is 8.87. The maximum absolute atomic E-state index is 10.9. The molecule has 1 rings (SSSR count). The van der Waals surface area contributed by atoms with Crippen molar-refractivity contribution in [1.29, 1.82) is 0 Å². The number of pyridine rings is 1. The predicted octanol–water partition coefficient (Wildman–Crippen LogP) is 2.30. The summed E-state index contributed by atoms with van der Waals surface area (Å²) in [6.07, 6.45) is 4.19. The molecule has 1 aromatic heterocycles. The number of nitrogens with one attached hydrogen (secondary N) is 1. The van der Waals surface area contributed by atoms with Crippen molar-refractivity contribution in [3.8, 4) is 0 Å². The van der Waals surface area contributed by atoms with Crippen molar-refractivity contribution in [1.82, 2.24) is 4.98 Å². The fourth-order valence-electron chi connectivity index (χ4n) is 1.13. The van der Waals surface area contributed by atoms with Gasteiger partial charge in [-0.2, -0.15) is 0 Å². The van der Waals surface area contributed by atoms with Gasteiger partial charge in [-0.1, -0.05) is 11.6 Å². The molecule has 1 heterocycles. The summed E-state index contributed by atoms with van der Waals surface area (Å²) in [6, 6.07) is 3.89. The van der Waals surface area contributed by atoms with E-state index >= 15 is 0 Å². The van der Waals surface area contributed by atoms with Crippen LogP contribution in [-0.2, 0) is 10.8 Å². The van der Waals surface area contributed by atoms with Crippen LogP contribution < -0.4 is 5.32 Å². The Hall–Kier alpha value is -0.610. The molecule has 0 spiro atoms. The summed E-state index contributed by atoms with van der Waals surface area (Å²) < 4.78 is 10.9. The maximum atomic E-state index is 10.9. The minimum Gasteiger partial charge on any atom is -0.368 e. The van der Waals surface area contributed by atoms with E-state index in [0.29, 0.717) is 10.8 Å².